The van der Waals surface area contributed by atoms with Crippen LogP contribution in [0.15, 0.2) is 24.5 Å². The second kappa shape index (κ2) is 5.89. The first kappa shape index (κ1) is 13.5. The summed E-state index contributed by atoms with van der Waals surface area (Å²) in [5.74, 6) is 0.648. The van der Waals surface area contributed by atoms with Gasteiger partial charge < -0.3 is 10.1 Å². The van der Waals surface area contributed by atoms with Gasteiger partial charge in [0.25, 0.3) is 0 Å². The Bertz CT molecular complexity index is 451. The summed E-state index contributed by atoms with van der Waals surface area (Å²) in [7, 11) is 1.68. The van der Waals surface area contributed by atoms with Crippen LogP contribution in [0.2, 0.25) is 0 Å². The summed E-state index contributed by atoms with van der Waals surface area (Å²) in [6, 6.07) is 4.12. The Kier molecular flexibility index (Phi) is 3.98. The number of amides is 1. The number of ether oxygens (including phenoxy) is 1. The van der Waals surface area contributed by atoms with Gasteiger partial charge in [0.1, 0.15) is 0 Å². The van der Waals surface area contributed by atoms with Crippen LogP contribution in [-0.4, -0.2) is 48.1 Å². The molecule has 3 heterocycles. The topological polar surface area (TPSA) is 54.5 Å². The Morgan fingerprint density at radius 3 is 2.95 bits per heavy atom. The summed E-state index contributed by atoms with van der Waals surface area (Å²) in [4.78, 5) is 17.9. The van der Waals surface area contributed by atoms with E-state index in [9.17, 15) is 4.79 Å². The fraction of sp³-hybridized carbons (Fsp3) is 0.600. The van der Waals surface area contributed by atoms with Crippen molar-refractivity contribution >= 4 is 5.91 Å². The van der Waals surface area contributed by atoms with Gasteiger partial charge in [-0.05, 0) is 24.1 Å². The molecule has 108 valence electrons. The highest BCUT2D eigenvalue weighted by molar-refractivity contribution is 5.76. The highest BCUT2D eigenvalue weighted by Gasteiger charge is 2.42. The van der Waals surface area contributed by atoms with Crippen LogP contribution in [0.25, 0.3) is 0 Å². The molecule has 3 atom stereocenters. The van der Waals surface area contributed by atoms with Crippen molar-refractivity contribution in [1.82, 2.24) is 15.2 Å². The first-order valence-corrected chi connectivity index (χ1v) is 7.22. The van der Waals surface area contributed by atoms with E-state index < -0.39 is 0 Å². The van der Waals surface area contributed by atoms with Crippen molar-refractivity contribution in [2.75, 3.05) is 20.1 Å². The van der Waals surface area contributed by atoms with E-state index in [2.05, 4.69) is 27.3 Å². The lowest BCUT2D eigenvalue weighted by Gasteiger charge is -2.18. The Morgan fingerprint density at radius 2 is 2.25 bits per heavy atom. The minimum atomic E-state index is 0.0728. The molecule has 5 heteroatoms. The lowest BCUT2D eigenvalue weighted by Crippen LogP contribution is -2.28. The molecule has 1 aromatic heterocycles. The zero-order valence-corrected chi connectivity index (χ0v) is 11.8. The van der Waals surface area contributed by atoms with Crippen molar-refractivity contribution in [3.63, 3.8) is 0 Å². The molecule has 0 aromatic carbocycles. The van der Waals surface area contributed by atoms with Gasteiger partial charge in [0.05, 0.1) is 18.6 Å². The van der Waals surface area contributed by atoms with Crippen LogP contribution in [0, 0.1) is 5.92 Å². The number of carbonyl (C=O) groups excluding carboxylic acids is 1. The summed E-state index contributed by atoms with van der Waals surface area (Å²) in [5, 5.41) is 2.66. The maximum absolute atomic E-state index is 11.4. The van der Waals surface area contributed by atoms with Gasteiger partial charge in [-0.25, -0.2) is 0 Å². The van der Waals surface area contributed by atoms with Crippen molar-refractivity contribution in [3.8, 4) is 0 Å². The molecule has 2 saturated heterocycles. The molecule has 2 aliphatic rings. The summed E-state index contributed by atoms with van der Waals surface area (Å²) < 4.78 is 6.01. The minimum Gasteiger partial charge on any atom is -0.373 e. The zero-order valence-electron chi connectivity index (χ0n) is 11.8. The van der Waals surface area contributed by atoms with Crippen LogP contribution in [-0.2, 0) is 16.1 Å². The van der Waals surface area contributed by atoms with E-state index in [-0.39, 0.29) is 12.0 Å². The molecule has 0 radical (unpaired) electrons. The van der Waals surface area contributed by atoms with Crippen molar-refractivity contribution in [3.05, 3.63) is 30.1 Å². The summed E-state index contributed by atoms with van der Waals surface area (Å²) in [5.41, 5.74) is 1.29. The molecule has 0 saturated carbocycles. The van der Waals surface area contributed by atoms with Crippen molar-refractivity contribution in [2.45, 2.75) is 31.6 Å². The van der Waals surface area contributed by atoms with Crippen LogP contribution >= 0.6 is 0 Å². The molecule has 1 aromatic rings. The fourth-order valence-corrected chi connectivity index (χ4v) is 3.26. The predicted octanol–water partition coefficient (Wildman–Crippen LogP) is 0.807. The SMILES string of the molecule is CNC(=O)C[C@@H]1C[C@@H]2CN(Cc3ccncc3)C[C@@H]2O1. The van der Waals surface area contributed by atoms with E-state index in [1.165, 1.54) is 5.56 Å². The minimum absolute atomic E-state index is 0.0728. The van der Waals surface area contributed by atoms with Gasteiger partial charge in [0, 0.05) is 45.0 Å². The van der Waals surface area contributed by atoms with Gasteiger partial charge >= 0.3 is 0 Å². The molecule has 20 heavy (non-hydrogen) atoms. The van der Waals surface area contributed by atoms with E-state index in [0.717, 1.165) is 26.1 Å². The molecular weight excluding hydrogens is 254 g/mol. The number of aromatic nitrogens is 1. The molecule has 2 fully saturated rings. The Morgan fingerprint density at radius 1 is 1.45 bits per heavy atom. The summed E-state index contributed by atoms with van der Waals surface area (Å²) >= 11 is 0. The number of nitrogens with one attached hydrogen (secondary N) is 1. The first-order valence-electron chi connectivity index (χ1n) is 7.22. The number of pyridine rings is 1. The molecule has 3 rings (SSSR count). The van der Waals surface area contributed by atoms with Crippen molar-refractivity contribution in [2.24, 2.45) is 5.92 Å². The normalized spacial score (nSPS) is 29.4. The first-order chi connectivity index (χ1) is 9.74. The molecule has 1 amide bonds. The highest BCUT2D eigenvalue weighted by Crippen LogP contribution is 2.34. The smallest absolute Gasteiger partial charge is 0.222 e. The van der Waals surface area contributed by atoms with Crippen LogP contribution < -0.4 is 5.32 Å². The third-order valence-electron chi connectivity index (χ3n) is 4.24. The third kappa shape index (κ3) is 2.99. The molecule has 1 N–H and O–H groups in total. The standard InChI is InChI=1S/C15H21N3O2/c1-16-15(19)7-13-6-12-9-18(10-14(12)20-13)8-11-2-4-17-5-3-11/h2-5,12-14H,6-10H2,1H3,(H,16,19)/t12-,13+,14+/m1/s1. The number of likely N-dealkylation sites (tertiary alicyclic amines) is 1. The second-order valence-electron chi connectivity index (χ2n) is 5.72. The van der Waals surface area contributed by atoms with Crippen LogP contribution in [0.1, 0.15) is 18.4 Å². The van der Waals surface area contributed by atoms with Gasteiger partial charge in [0.2, 0.25) is 5.91 Å². The van der Waals surface area contributed by atoms with Crippen LogP contribution in [0.4, 0.5) is 0 Å². The van der Waals surface area contributed by atoms with Gasteiger partial charge in [-0.3, -0.25) is 14.7 Å². The highest BCUT2D eigenvalue weighted by atomic mass is 16.5. The average molecular weight is 275 g/mol. The molecule has 0 bridgehead atoms. The molecular formula is C15H21N3O2. The van der Waals surface area contributed by atoms with Gasteiger partial charge in [-0.2, -0.15) is 0 Å². The zero-order chi connectivity index (χ0) is 13.9. The van der Waals surface area contributed by atoms with Crippen molar-refractivity contribution < 1.29 is 9.53 Å². The number of fused-ring (bicyclic) bond motifs is 1. The Hall–Kier alpha value is -1.46. The summed E-state index contributed by atoms with van der Waals surface area (Å²) in [6.45, 7) is 2.99. The van der Waals surface area contributed by atoms with Gasteiger partial charge in [-0.15, -0.1) is 0 Å². The van der Waals surface area contributed by atoms with Gasteiger partial charge in [-0.1, -0.05) is 0 Å². The van der Waals surface area contributed by atoms with E-state index in [1.54, 1.807) is 7.05 Å². The number of hydrogen-bond donors (Lipinski definition) is 1. The lowest BCUT2D eigenvalue weighted by atomic mass is 10.0. The predicted molar refractivity (Wildman–Crippen MR) is 75.0 cm³/mol. The fourth-order valence-electron chi connectivity index (χ4n) is 3.26. The van der Waals surface area contributed by atoms with E-state index >= 15 is 0 Å². The number of nitrogens with zero attached hydrogens (tertiary/aromatic N) is 2. The average Bonchev–Trinajstić information content (AvgIpc) is 2.97. The molecule has 2 aliphatic heterocycles. The second-order valence-corrected chi connectivity index (χ2v) is 5.72. The van der Waals surface area contributed by atoms with E-state index in [1.807, 2.05) is 12.4 Å². The number of hydrogen-bond acceptors (Lipinski definition) is 4. The maximum atomic E-state index is 11.4. The Balaban J connectivity index is 1.50. The molecule has 5 nitrogen and oxygen atoms in total. The van der Waals surface area contributed by atoms with E-state index in [4.69, 9.17) is 4.74 Å². The largest absolute Gasteiger partial charge is 0.373 e. The molecule has 0 unspecified atom stereocenters. The Labute approximate surface area is 119 Å². The van der Waals surface area contributed by atoms with Crippen LogP contribution in [0.5, 0.6) is 0 Å². The molecule has 0 spiro atoms. The summed E-state index contributed by atoms with van der Waals surface area (Å²) in [6.07, 6.45) is 5.57. The van der Waals surface area contributed by atoms with E-state index in [0.29, 0.717) is 18.4 Å². The third-order valence-corrected chi connectivity index (χ3v) is 4.24. The molecule has 0 aliphatic carbocycles. The number of rotatable bonds is 4. The van der Waals surface area contributed by atoms with Crippen LogP contribution in [0.3, 0.4) is 0 Å². The quantitative estimate of drug-likeness (QED) is 0.883. The monoisotopic (exact) mass is 275 g/mol. The van der Waals surface area contributed by atoms with Gasteiger partial charge in [0.15, 0.2) is 0 Å². The number of carbonyl (C=O) groups is 1. The maximum Gasteiger partial charge on any atom is 0.222 e. The lowest BCUT2D eigenvalue weighted by molar-refractivity contribution is -0.123. The van der Waals surface area contributed by atoms with Crippen molar-refractivity contribution in [1.29, 1.82) is 0 Å².